The molecule has 1 aromatic rings. The summed E-state index contributed by atoms with van der Waals surface area (Å²) < 4.78 is 15.3. The monoisotopic (exact) mass is 223 g/mol. The van der Waals surface area contributed by atoms with Gasteiger partial charge in [-0.05, 0) is 12.1 Å². The van der Waals surface area contributed by atoms with Gasteiger partial charge < -0.3 is 19.5 Å². The van der Waals surface area contributed by atoms with Gasteiger partial charge in [0.25, 0.3) is 0 Å². The standard InChI is InChI=1S/C11H13NO4/c1-14-9-5-3-4-7-10(9)16-6-8(12-7)11(13)15-2/h3-5,8,12H,6H2,1-2H3. The lowest BCUT2D eigenvalue weighted by atomic mass is 10.2. The van der Waals surface area contributed by atoms with Gasteiger partial charge in [-0.25, -0.2) is 4.79 Å². The van der Waals surface area contributed by atoms with Gasteiger partial charge >= 0.3 is 5.97 Å². The van der Waals surface area contributed by atoms with Gasteiger partial charge in [0.05, 0.1) is 19.9 Å². The zero-order chi connectivity index (χ0) is 11.5. The zero-order valence-electron chi connectivity index (χ0n) is 9.15. The molecule has 2 rings (SSSR count). The van der Waals surface area contributed by atoms with Crippen LogP contribution in [0.2, 0.25) is 0 Å². The highest BCUT2D eigenvalue weighted by atomic mass is 16.5. The lowest BCUT2D eigenvalue weighted by Crippen LogP contribution is -2.39. The molecule has 0 saturated heterocycles. The van der Waals surface area contributed by atoms with Crippen molar-refractivity contribution >= 4 is 11.7 Å². The molecule has 1 atom stereocenters. The molecular formula is C11H13NO4. The van der Waals surface area contributed by atoms with Crippen LogP contribution in [0.4, 0.5) is 5.69 Å². The molecule has 0 radical (unpaired) electrons. The SMILES string of the molecule is COC(=O)C1COc2c(cccc2OC)N1. The maximum atomic E-state index is 11.3. The molecule has 0 fully saturated rings. The molecule has 1 N–H and O–H groups in total. The van der Waals surface area contributed by atoms with Crippen LogP contribution < -0.4 is 14.8 Å². The quantitative estimate of drug-likeness (QED) is 0.759. The summed E-state index contributed by atoms with van der Waals surface area (Å²) >= 11 is 0. The van der Waals surface area contributed by atoms with Crippen molar-refractivity contribution in [2.45, 2.75) is 6.04 Å². The summed E-state index contributed by atoms with van der Waals surface area (Å²) in [6.07, 6.45) is 0. The van der Waals surface area contributed by atoms with Crippen LogP contribution in [0.5, 0.6) is 11.5 Å². The van der Waals surface area contributed by atoms with Crippen molar-refractivity contribution in [3.05, 3.63) is 18.2 Å². The van der Waals surface area contributed by atoms with Gasteiger partial charge in [-0.15, -0.1) is 0 Å². The van der Waals surface area contributed by atoms with E-state index in [1.54, 1.807) is 13.2 Å². The van der Waals surface area contributed by atoms with Crippen molar-refractivity contribution in [1.29, 1.82) is 0 Å². The average molecular weight is 223 g/mol. The number of carbonyl (C=O) groups excluding carboxylic acids is 1. The molecule has 1 unspecified atom stereocenters. The predicted molar refractivity (Wildman–Crippen MR) is 57.9 cm³/mol. The van der Waals surface area contributed by atoms with Crippen LogP contribution in [-0.4, -0.2) is 32.8 Å². The first-order valence-electron chi connectivity index (χ1n) is 4.90. The Balaban J connectivity index is 2.25. The molecule has 0 saturated carbocycles. The minimum Gasteiger partial charge on any atom is -0.493 e. The van der Waals surface area contributed by atoms with Crippen LogP contribution in [-0.2, 0) is 9.53 Å². The second-order valence-electron chi connectivity index (χ2n) is 3.37. The Hall–Kier alpha value is -1.91. The smallest absolute Gasteiger partial charge is 0.331 e. The second-order valence-corrected chi connectivity index (χ2v) is 3.37. The summed E-state index contributed by atoms with van der Waals surface area (Å²) in [5, 5.41) is 3.04. The third kappa shape index (κ3) is 1.76. The largest absolute Gasteiger partial charge is 0.493 e. The lowest BCUT2D eigenvalue weighted by Gasteiger charge is -2.26. The van der Waals surface area contributed by atoms with Gasteiger partial charge in [-0.3, -0.25) is 0 Å². The molecule has 0 bridgehead atoms. The van der Waals surface area contributed by atoms with E-state index < -0.39 is 6.04 Å². The number of rotatable bonds is 2. The zero-order valence-corrected chi connectivity index (χ0v) is 9.15. The van der Waals surface area contributed by atoms with Crippen LogP contribution >= 0.6 is 0 Å². The van der Waals surface area contributed by atoms with Crippen molar-refractivity contribution in [1.82, 2.24) is 0 Å². The molecule has 0 aromatic heterocycles. The van der Waals surface area contributed by atoms with E-state index in [0.29, 0.717) is 11.5 Å². The fourth-order valence-electron chi connectivity index (χ4n) is 1.60. The van der Waals surface area contributed by atoms with E-state index in [4.69, 9.17) is 9.47 Å². The molecule has 5 heteroatoms. The van der Waals surface area contributed by atoms with E-state index in [-0.39, 0.29) is 12.6 Å². The number of benzene rings is 1. The first-order valence-corrected chi connectivity index (χ1v) is 4.90. The molecule has 16 heavy (non-hydrogen) atoms. The maximum Gasteiger partial charge on any atom is 0.331 e. The second kappa shape index (κ2) is 4.30. The van der Waals surface area contributed by atoms with Crippen molar-refractivity contribution in [3.63, 3.8) is 0 Å². The summed E-state index contributed by atoms with van der Waals surface area (Å²) in [6.45, 7) is 0.236. The molecular weight excluding hydrogens is 210 g/mol. The molecule has 1 heterocycles. The minimum absolute atomic E-state index is 0.236. The number of hydrogen-bond acceptors (Lipinski definition) is 5. The Labute approximate surface area is 93.3 Å². The van der Waals surface area contributed by atoms with Gasteiger partial charge in [0, 0.05) is 0 Å². The fourth-order valence-corrected chi connectivity index (χ4v) is 1.60. The highest BCUT2D eigenvalue weighted by molar-refractivity contribution is 5.81. The highest BCUT2D eigenvalue weighted by Gasteiger charge is 2.27. The molecule has 0 aliphatic carbocycles. The molecule has 0 spiro atoms. The van der Waals surface area contributed by atoms with E-state index in [2.05, 4.69) is 10.1 Å². The lowest BCUT2D eigenvalue weighted by molar-refractivity contribution is -0.142. The minimum atomic E-state index is -0.468. The average Bonchev–Trinajstić information content (AvgIpc) is 2.36. The fraction of sp³-hybridized carbons (Fsp3) is 0.364. The molecule has 1 aromatic carbocycles. The van der Waals surface area contributed by atoms with Gasteiger partial charge in [0.15, 0.2) is 17.5 Å². The van der Waals surface area contributed by atoms with E-state index in [1.165, 1.54) is 7.11 Å². The molecule has 1 aliphatic heterocycles. The Morgan fingerprint density at radius 3 is 3.00 bits per heavy atom. The molecule has 0 amide bonds. The predicted octanol–water partition coefficient (Wildman–Crippen LogP) is 1.04. The van der Waals surface area contributed by atoms with E-state index in [9.17, 15) is 4.79 Å². The first kappa shape index (κ1) is 10.6. The summed E-state index contributed by atoms with van der Waals surface area (Å²) in [4.78, 5) is 11.3. The van der Waals surface area contributed by atoms with E-state index in [1.807, 2.05) is 12.1 Å². The van der Waals surface area contributed by atoms with Gasteiger partial charge in [0.2, 0.25) is 0 Å². The summed E-state index contributed by atoms with van der Waals surface area (Å²) in [6, 6.07) is 4.99. The maximum absolute atomic E-state index is 11.3. The number of ether oxygens (including phenoxy) is 3. The van der Waals surface area contributed by atoms with Gasteiger partial charge in [-0.1, -0.05) is 6.07 Å². The van der Waals surface area contributed by atoms with Crippen molar-refractivity contribution in [2.24, 2.45) is 0 Å². The van der Waals surface area contributed by atoms with Crippen LogP contribution in [0.1, 0.15) is 0 Å². The Morgan fingerprint density at radius 2 is 2.31 bits per heavy atom. The number of carbonyl (C=O) groups is 1. The third-order valence-electron chi connectivity index (χ3n) is 2.41. The normalized spacial score (nSPS) is 17.8. The molecule has 86 valence electrons. The van der Waals surface area contributed by atoms with Crippen LogP contribution in [0.15, 0.2) is 18.2 Å². The number of hydrogen-bond donors (Lipinski definition) is 1. The van der Waals surface area contributed by atoms with Crippen LogP contribution in [0.3, 0.4) is 0 Å². The van der Waals surface area contributed by atoms with Gasteiger partial charge in [-0.2, -0.15) is 0 Å². The number of fused-ring (bicyclic) bond motifs is 1. The molecule has 5 nitrogen and oxygen atoms in total. The number of esters is 1. The first-order chi connectivity index (χ1) is 7.76. The number of methoxy groups -OCH3 is 2. The highest BCUT2D eigenvalue weighted by Crippen LogP contribution is 2.37. The van der Waals surface area contributed by atoms with Crippen molar-refractivity contribution < 1.29 is 19.0 Å². The van der Waals surface area contributed by atoms with Crippen molar-refractivity contribution in [3.8, 4) is 11.5 Å². The topological polar surface area (TPSA) is 56.8 Å². The van der Waals surface area contributed by atoms with Gasteiger partial charge in [0.1, 0.15) is 6.61 Å². The van der Waals surface area contributed by atoms with Crippen molar-refractivity contribution in [2.75, 3.05) is 26.1 Å². The Kier molecular flexibility index (Phi) is 2.85. The number of anilines is 1. The van der Waals surface area contributed by atoms with Crippen LogP contribution in [0.25, 0.3) is 0 Å². The Bertz CT molecular complexity index is 405. The summed E-state index contributed by atoms with van der Waals surface area (Å²) in [5.74, 6) is 0.937. The number of nitrogens with one attached hydrogen (secondary N) is 1. The van der Waals surface area contributed by atoms with E-state index >= 15 is 0 Å². The Morgan fingerprint density at radius 1 is 1.50 bits per heavy atom. The summed E-state index contributed by atoms with van der Waals surface area (Å²) in [7, 11) is 2.93. The summed E-state index contributed by atoms with van der Waals surface area (Å²) in [5.41, 5.74) is 0.737. The number of para-hydroxylation sites is 1. The van der Waals surface area contributed by atoms with Crippen LogP contribution in [0, 0.1) is 0 Å². The third-order valence-corrected chi connectivity index (χ3v) is 2.41. The molecule has 1 aliphatic rings. The van der Waals surface area contributed by atoms with E-state index in [0.717, 1.165) is 5.69 Å².